The molecule has 7 heteroatoms. The van der Waals surface area contributed by atoms with Crippen molar-refractivity contribution in [2.75, 3.05) is 6.61 Å². The van der Waals surface area contributed by atoms with E-state index in [0.717, 1.165) is 36.2 Å². The van der Waals surface area contributed by atoms with Gasteiger partial charge in [-0.1, -0.05) is 41.9 Å². The Labute approximate surface area is 190 Å². The molecule has 1 atom stereocenters. The number of nitrogens with one attached hydrogen (secondary N) is 1. The summed E-state index contributed by atoms with van der Waals surface area (Å²) in [7, 11) is 0. The fourth-order valence-electron chi connectivity index (χ4n) is 3.52. The summed E-state index contributed by atoms with van der Waals surface area (Å²) in [6.07, 6.45) is 1.80. The highest BCUT2D eigenvalue weighted by atomic mass is 35.5. The quantitative estimate of drug-likeness (QED) is 0.311. The third-order valence-electron chi connectivity index (χ3n) is 5.03. The molecule has 1 unspecified atom stereocenters. The van der Waals surface area contributed by atoms with Crippen molar-refractivity contribution in [1.82, 2.24) is 14.9 Å². The van der Waals surface area contributed by atoms with Crippen LogP contribution in [0.25, 0.3) is 11.0 Å². The number of imidazole rings is 1. The van der Waals surface area contributed by atoms with Crippen LogP contribution in [0.1, 0.15) is 41.3 Å². The fourth-order valence-corrected chi connectivity index (χ4v) is 4.33. The van der Waals surface area contributed by atoms with Crippen molar-refractivity contribution in [2.24, 2.45) is 0 Å². The molecule has 0 spiro atoms. The number of aromatic nitrogens is 2. The highest BCUT2D eigenvalue weighted by Crippen LogP contribution is 2.24. The van der Waals surface area contributed by atoms with Crippen molar-refractivity contribution in [2.45, 2.75) is 32.4 Å². The first-order valence-electron chi connectivity index (χ1n) is 10.3. The molecule has 2 aromatic carbocycles. The van der Waals surface area contributed by atoms with E-state index in [0.29, 0.717) is 22.3 Å². The number of halogens is 1. The molecule has 0 saturated heterocycles. The van der Waals surface area contributed by atoms with E-state index < -0.39 is 0 Å². The van der Waals surface area contributed by atoms with E-state index in [4.69, 9.17) is 21.3 Å². The molecule has 1 N–H and O–H groups in total. The molecule has 4 rings (SSSR count). The van der Waals surface area contributed by atoms with Gasteiger partial charge in [-0.3, -0.25) is 4.79 Å². The van der Waals surface area contributed by atoms with Crippen molar-refractivity contribution in [3.63, 3.8) is 0 Å². The van der Waals surface area contributed by atoms with Gasteiger partial charge in [0, 0.05) is 6.54 Å². The molecule has 2 heterocycles. The Kier molecular flexibility index (Phi) is 6.89. The summed E-state index contributed by atoms with van der Waals surface area (Å²) in [4.78, 5) is 18.0. The van der Waals surface area contributed by atoms with Gasteiger partial charge >= 0.3 is 0 Å². The second-order valence-corrected chi connectivity index (χ2v) is 8.62. The maximum atomic E-state index is 12.5. The molecule has 0 bridgehead atoms. The summed E-state index contributed by atoms with van der Waals surface area (Å²) in [6, 6.07) is 19.1. The Bertz CT molecular complexity index is 1160. The van der Waals surface area contributed by atoms with E-state index in [1.54, 1.807) is 0 Å². The molecule has 0 aliphatic carbocycles. The average Bonchev–Trinajstić information content (AvgIpc) is 3.43. The molecule has 4 aromatic rings. The van der Waals surface area contributed by atoms with Gasteiger partial charge in [-0.05, 0) is 55.5 Å². The van der Waals surface area contributed by atoms with E-state index >= 15 is 0 Å². The number of thiophene rings is 1. The second-order valence-electron chi connectivity index (χ2n) is 7.27. The van der Waals surface area contributed by atoms with Crippen LogP contribution >= 0.6 is 22.9 Å². The Hall–Kier alpha value is -2.83. The number of carbonyl (C=O) groups is 1. The predicted octanol–water partition coefficient (Wildman–Crippen LogP) is 6.10. The van der Waals surface area contributed by atoms with Crippen LogP contribution in [0.3, 0.4) is 0 Å². The van der Waals surface area contributed by atoms with Crippen molar-refractivity contribution in [3.8, 4) is 5.75 Å². The minimum atomic E-state index is -0.207. The largest absolute Gasteiger partial charge is 0.492 e. The number of hydrogen-bond acceptors (Lipinski definition) is 4. The van der Waals surface area contributed by atoms with Gasteiger partial charge in [0.2, 0.25) is 0 Å². The summed E-state index contributed by atoms with van der Waals surface area (Å²) in [5.41, 5.74) is 2.00. The smallest absolute Gasteiger partial charge is 0.261 e. The Balaban J connectivity index is 1.42. The van der Waals surface area contributed by atoms with Crippen LogP contribution in [-0.2, 0) is 6.54 Å². The molecule has 0 fully saturated rings. The zero-order chi connectivity index (χ0) is 21.6. The van der Waals surface area contributed by atoms with Crippen LogP contribution in [0.2, 0.25) is 5.02 Å². The third kappa shape index (κ3) is 5.09. The van der Waals surface area contributed by atoms with Gasteiger partial charge in [-0.2, -0.15) is 0 Å². The number of nitrogens with zero attached hydrogens (tertiary/aromatic N) is 2. The lowest BCUT2D eigenvalue weighted by atomic mass is 10.2. The number of hydrogen-bond donors (Lipinski definition) is 1. The van der Waals surface area contributed by atoms with E-state index in [2.05, 4.69) is 16.0 Å². The first kappa shape index (κ1) is 21.4. The Morgan fingerprint density at radius 3 is 2.74 bits per heavy atom. The van der Waals surface area contributed by atoms with Gasteiger partial charge < -0.3 is 14.6 Å². The van der Waals surface area contributed by atoms with E-state index in [9.17, 15) is 4.79 Å². The number of carbonyl (C=O) groups excluding carboxylic acids is 1. The van der Waals surface area contributed by atoms with Crippen LogP contribution in [0, 0.1) is 0 Å². The predicted molar refractivity (Wildman–Crippen MR) is 126 cm³/mol. The van der Waals surface area contributed by atoms with Crippen LogP contribution in [0.15, 0.2) is 66.0 Å². The summed E-state index contributed by atoms with van der Waals surface area (Å²) in [5, 5.41) is 5.61. The summed E-state index contributed by atoms with van der Waals surface area (Å²) in [5.74, 6) is 1.50. The molecule has 0 aliphatic rings. The minimum absolute atomic E-state index is 0.0748. The maximum absolute atomic E-state index is 12.5. The number of rotatable bonds is 9. The van der Waals surface area contributed by atoms with Crippen molar-refractivity contribution >= 4 is 39.9 Å². The highest BCUT2D eigenvalue weighted by Gasteiger charge is 2.19. The monoisotopic (exact) mass is 453 g/mol. The van der Waals surface area contributed by atoms with Gasteiger partial charge in [0.1, 0.15) is 11.6 Å². The molecule has 0 aliphatic heterocycles. The first-order valence-corrected chi connectivity index (χ1v) is 11.6. The van der Waals surface area contributed by atoms with Gasteiger partial charge in [0.25, 0.3) is 5.91 Å². The molecule has 31 heavy (non-hydrogen) atoms. The van der Waals surface area contributed by atoms with Crippen LogP contribution in [0.5, 0.6) is 5.75 Å². The third-order valence-corrected chi connectivity index (χ3v) is 6.22. The molecule has 0 saturated carbocycles. The number of amides is 1. The van der Waals surface area contributed by atoms with E-state index in [-0.39, 0.29) is 11.9 Å². The number of ether oxygens (including phenoxy) is 1. The normalized spacial score (nSPS) is 12.1. The lowest BCUT2D eigenvalue weighted by molar-refractivity contribution is 0.0942. The number of benzene rings is 2. The Morgan fingerprint density at radius 1 is 1.13 bits per heavy atom. The average molecular weight is 454 g/mol. The van der Waals surface area contributed by atoms with E-state index in [1.807, 2.05) is 66.9 Å². The summed E-state index contributed by atoms with van der Waals surface area (Å²) in [6.45, 7) is 3.36. The number of fused-ring (bicyclic) bond motifs is 1. The van der Waals surface area contributed by atoms with Gasteiger partial charge in [-0.15, -0.1) is 11.3 Å². The molecular formula is C24H24ClN3O2S. The summed E-state index contributed by atoms with van der Waals surface area (Å²) >= 11 is 7.58. The zero-order valence-electron chi connectivity index (χ0n) is 17.3. The van der Waals surface area contributed by atoms with Crippen LogP contribution in [0.4, 0.5) is 0 Å². The van der Waals surface area contributed by atoms with Crippen LogP contribution < -0.4 is 10.1 Å². The zero-order valence-corrected chi connectivity index (χ0v) is 18.8. The molecule has 160 valence electrons. The highest BCUT2D eigenvalue weighted by molar-refractivity contribution is 7.12. The number of para-hydroxylation sites is 3. The second kappa shape index (κ2) is 9.98. The molecule has 1 amide bonds. The number of unbranched alkanes of at least 4 members (excludes halogenated alkanes) is 1. The van der Waals surface area contributed by atoms with Gasteiger partial charge in [0.05, 0.1) is 33.6 Å². The molecule has 2 aromatic heterocycles. The Morgan fingerprint density at radius 2 is 1.94 bits per heavy atom. The molecule has 5 nitrogen and oxygen atoms in total. The van der Waals surface area contributed by atoms with Crippen molar-refractivity contribution in [3.05, 3.63) is 81.8 Å². The standard InChI is InChI=1S/C24H24ClN3O2S/c1-17(26-24(29)22-13-8-16-31-22)23-27-19-10-3-4-11-20(19)28(23)14-6-7-15-30-21-12-5-2-9-18(21)25/h2-5,8-13,16-17H,6-7,14-15H2,1H3,(H,26,29). The molecule has 0 radical (unpaired) electrons. The number of aryl methyl sites for hydroxylation is 1. The van der Waals surface area contributed by atoms with Crippen LogP contribution in [-0.4, -0.2) is 22.1 Å². The van der Waals surface area contributed by atoms with Gasteiger partial charge in [0.15, 0.2) is 0 Å². The maximum Gasteiger partial charge on any atom is 0.261 e. The minimum Gasteiger partial charge on any atom is -0.492 e. The lowest BCUT2D eigenvalue weighted by Gasteiger charge is -2.16. The first-order chi connectivity index (χ1) is 15.1. The lowest BCUT2D eigenvalue weighted by Crippen LogP contribution is -2.28. The summed E-state index contributed by atoms with van der Waals surface area (Å²) < 4.78 is 8.00. The van der Waals surface area contributed by atoms with Crippen molar-refractivity contribution in [1.29, 1.82) is 0 Å². The topological polar surface area (TPSA) is 56.2 Å². The fraction of sp³-hybridized carbons (Fsp3) is 0.250. The van der Waals surface area contributed by atoms with Crippen molar-refractivity contribution < 1.29 is 9.53 Å². The SMILES string of the molecule is CC(NC(=O)c1cccs1)c1nc2ccccc2n1CCCCOc1ccccc1Cl. The van der Waals surface area contributed by atoms with E-state index in [1.165, 1.54) is 11.3 Å². The van der Waals surface area contributed by atoms with Gasteiger partial charge in [-0.25, -0.2) is 4.98 Å². The molecular weight excluding hydrogens is 430 g/mol.